The van der Waals surface area contributed by atoms with Crippen molar-refractivity contribution in [1.82, 2.24) is 0 Å². The number of unbranched alkanes of at least 4 members (excludes halogenated alkanes) is 4. The van der Waals surface area contributed by atoms with Crippen LogP contribution in [0.5, 0.6) is 0 Å². The van der Waals surface area contributed by atoms with E-state index in [0.29, 0.717) is 5.78 Å². The summed E-state index contributed by atoms with van der Waals surface area (Å²) in [4.78, 5) is 11.3. The molecule has 0 amide bonds. The Labute approximate surface area is 87.7 Å². The highest BCUT2D eigenvalue weighted by Crippen LogP contribution is 2.06. The van der Waals surface area contributed by atoms with Crippen LogP contribution >= 0.6 is 12.6 Å². The number of rotatable bonds is 9. The zero-order valence-electron chi connectivity index (χ0n) is 8.72. The van der Waals surface area contributed by atoms with Crippen LogP contribution in [-0.2, 0) is 4.79 Å². The molecule has 0 spiro atoms. The standard InChI is InChI=1S/C11H22OS/c1-2-3-4-5-8-11(12)9-6-7-10-13/h13H,2-10H2,1H3. The minimum absolute atomic E-state index is 0.442. The fourth-order valence-corrected chi connectivity index (χ4v) is 1.53. The number of hydrogen-bond donors (Lipinski definition) is 1. The lowest BCUT2D eigenvalue weighted by molar-refractivity contribution is -0.119. The van der Waals surface area contributed by atoms with E-state index in [1.807, 2.05) is 0 Å². The van der Waals surface area contributed by atoms with Crippen LogP contribution in [0.3, 0.4) is 0 Å². The van der Waals surface area contributed by atoms with Crippen molar-refractivity contribution >= 4 is 18.4 Å². The smallest absolute Gasteiger partial charge is 0.132 e. The molecule has 0 unspecified atom stereocenters. The van der Waals surface area contributed by atoms with Gasteiger partial charge in [0.15, 0.2) is 0 Å². The van der Waals surface area contributed by atoms with Gasteiger partial charge in [-0.3, -0.25) is 4.79 Å². The molecule has 1 nitrogen and oxygen atoms in total. The van der Waals surface area contributed by atoms with Gasteiger partial charge in [-0.25, -0.2) is 0 Å². The molecule has 0 aliphatic rings. The van der Waals surface area contributed by atoms with Crippen molar-refractivity contribution in [3.8, 4) is 0 Å². The third-order valence-electron chi connectivity index (χ3n) is 2.17. The van der Waals surface area contributed by atoms with E-state index in [-0.39, 0.29) is 0 Å². The van der Waals surface area contributed by atoms with E-state index in [1.54, 1.807) is 0 Å². The van der Waals surface area contributed by atoms with Crippen molar-refractivity contribution in [2.75, 3.05) is 5.75 Å². The Balaban J connectivity index is 3.11. The first kappa shape index (κ1) is 13.0. The van der Waals surface area contributed by atoms with E-state index in [9.17, 15) is 4.79 Å². The highest BCUT2D eigenvalue weighted by molar-refractivity contribution is 7.80. The molecular weight excluding hydrogens is 180 g/mol. The molecule has 0 aromatic heterocycles. The van der Waals surface area contributed by atoms with Gasteiger partial charge in [0.2, 0.25) is 0 Å². The Morgan fingerprint density at radius 3 is 2.15 bits per heavy atom. The van der Waals surface area contributed by atoms with Gasteiger partial charge in [-0.2, -0.15) is 12.6 Å². The third-order valence-corrected chi connectivity index (χ3v) is 2.49. The van der Waals surface area contributed by atoms with Crippen molar-refractivity contribution < 1.29 is 4.79 Å². The lowest BCUT2D eigenvalue weighted by atomic mass is 10.1. The zero-order chi connectivity index (χ0) is 9.94. The molecular formula is C11H22OS. The van der Waals surface area contributed by atoms with Crippen LogP contribution < -0.4 is 0 Å². The summed E-state index contributed by atoms with van der Waals surface area (Å²) in [5, 5.41) is 0. The molecule has 0 aliphatic carbocycles. The lowest BCUT2D eigenvalue weighted by Gasteiger charge is -1.99. The van der Waals surface area contributed by atoms with Gasteiger partial charge in [-0.05, 0) is 25.0 Å². The van der Waals surface area contributed by atoms with Gasteiger partial charge < -0.3 is 0 Å². The molecule has 0 saturated heterocycles. The molecule has 0 fully saturated rings. The average Bonchev–Trinajstić information content (AvgIpc) is 2.13. The highest BCUT2D eigenvalue weighted by atomic mass is 32.1. The maximum atomic E-state index is 11.3. The molecule has 13 heavy (non-hydrogen) atoms. The van der Waals surface area contributed by atoms with E-state index in [0.717, 1.165) is 37.9 Å². The second-order valence-corrected chi connectivity index (χ2v) is 3.98. The van der Waals surface area contributed by atoms with E-state index in [4.69, 9.17) is 0 Å². The summed E-state index contributed by atoms with van der Waals surface area (Å²) < 4.78 is 0. The van der Waals surface area contributed by atoms with Crippen LogP contribution in [0.25, 0.3) is 0 Å². The normalized spacial score (nSPS) is 10.3. The largest absolute Gasteiger partial charge is 0.300 e. The van der Waals surface area contributed by atoms with E-state index >= 15 is 0 Å². The maximum absolute atomic E-state index is 11.3. The molecule has 0 aliphatic heterocycles. The summed E-state index contributed by atoms with van der Waals surface area (Å²) in [5.41, 5.74) is 0. The van der Waals surface area contributed by atoms with Crippen LogP contribution in [0, 0.1) is 0 Å². The second-order valence-electron chi connectivity index (χ2n) is 3.53. The topological polar surface area (TPSA) is 17.1 Å². The van der Waals surface area contributed by atoms with Crippen molar-refractivity contribution in [3.05, 3.63) is 0 Å². The van der Waals surface area contributed by atoms with Gasteiger partial charge >= 0.3 is 0 Å². The molecule has 0 atom stereocenters. The first-order valence-electron chi connectivity index (χ1n) is 5.43. The number of carbonyl (C=O) groups excluding carboxylic acids is 1. The van der Waals surface area contributed by atoms with Gasteiger partial charge in [0.1, 0.15) is 5.78 Å². The lowest BCUT2D eigenvalue weighted by Crippen LogP contribution is -1.97. The molecule has 0 aromatic carbocycles. The first-order valence-corrected chi connectivity index (χ1v) is 6.07. The summed E-state index contributed by atoms with van der Waals surface area (Å²) in [6.07, 6.45) is 8.49. The van der Waals surface area contributed by atoms with E-state index in [2.05, 4.69) is 19.6 Å². The SMILES string of the molecule is CCCCCCC(=O)CCCCS. The quantitative estimate of drug-likeness (QED) is 0.446. The number of thiol groups is 1. The van der Waals surface area contributed by atoms with E-state index in [1.165, 1.54) is 19.3 Å². The number of Topliss-reactive ketones (excluding diaryl/α,β-unsaturated/α-hetero) is 1. The molecule has 0 N–H and O–H groups in total. The number of carbonyl (C=O) groups is 1. The minimum Gasteiger partial charge on any atom is -0.300 e. The Kier molecular flexibility index (Phi) is 10.1. The summed E-state index contributed by atoms with van der Waals surface area (Å²) in [5.74, 6) is 1.35. The summed E-state index contributed by atoms with van der Waals surface area (Å²) in [6, 6.07) is 0. The Morgan fingerprint density at radius 1 is 1.00 bits per heavy atom. The maximum Gasteiger partial charge on any atom is 0.132 e. The molecule has 0 radical (unpaired) electrons. The number of hydrogen-bond acceptors (Lipinski definition) is 2. The average molecular weight is 202 g/mol. The molecule has 0 aromatic rings. The van der Waals surface area contributed by atoms with Gasteiger partial charge in [0.25, 0.3) is 0 Å². The van der Waals surface area contributed by atoms with Crippen LogP contribution in [0.1, 0.15) is 58.3 Å². The molecule has 0 bridgehead atoms. The van der Waals surface area contributed by atoms with Crippen LogP contribution in [-0.4, -0.2) is 11.5 Å². The Bertz CT molecular complexity index is 123. The third kappa shape index (κ3) is 9.94. The van der Waals surface area contributed by atoms with Crippen LogP contribution in [0.4, 0.5) is 0 Å². The minimum atomic E-state index is 0.442. The molecule has 0 saturated carbocycles. The highest BCUT2D eigenvalue weighted by Gasteiger charge is 2.00. The fourth-order valence-electron chi connectivity index (χ4n) is 1.31. The summed E-state index contributed by atoms with van der Waals surface area (Å²) >= 11 is 4.11. The van der Waals surface area contributed by atoms with Gasteiger partial charge in [-0.15, -0.1) is 0 Å². The summed E-state index contributed by atoms with van der Waals surface area (Å²) in [7, 11) is 0. The predicted molar refractivity (Wildman–Crippen MR) is 61.5 cm³/mol. The second kappa shape index (κ2) is 10.1. The monoisotopic (exact) mass is 202 g/mol. The molecule has 2 heteroatoms. The van der Waals surface area contributed by atoms with Gasteiger partial charge in [0, 0.05) is 12.8 Å². The van der Waals surface area contributed by atoms with Crippen molar-refractivity contribution in [3.63, 3.8) is 0 Å². The van der Waals surface area contributed by atoms with Crippen molar-refractivity contribution in [2.24, 2.45) is 0 Å². The molecule has 0 heterocycles. The van der Waals surface area contributed by atoms with Gasteiger partial charge in [-0.1, -0.05) is 26.2 Å². The summed E-state index contributed by atoms with van der Waals surface area (Å²) in [6.45, 7) is 2.19. The van der Waals surface area contributed by atoms with Crippen molar-refractivity contribution in [2.45, 2.75) is 58.3 Å². The predicted octanol–water partition coefficient (Wildman–Crippen LogP) is 3.63. The van der Waals surface area contributed by atoms with Crippen LogP contribution in [0.2, 0.25) is 0 Å². The van der Waals surface area contributed by atoms with Crippen LogP contribution in [0.15, 0.2) is 0 Å². The fraction of sp³-hybridized carbons (Fsp3) is 0.909. The van der Waals surface area contributed by atoms with E-state index < -0.39 is 0 Å². The molecule has 0 rings (SSSR count). The van der Waals surface area contributed by atoms with Gasteiger partial charge in [0.05, 0.1) is 0 Å². The molecule has 78 valence electrons. The first-order chi connectivity index (χ1) is 6.31. The zero-order valence-corrected chi connectivity index (χ0v) is 9.61. The Hall–Kier alpha value is 0.0200. The number of ketones is 1. The van der Waals surface area contributed by atoms with Crippen molar-refractivity contribution in [1.29, 1.82) is 0 Å². The Morgan fingerprint density at radius 2 is 1.62 bits per heavy atom.